The number of aryl methyl sites for hydroxylation is 2. The normalized spacial score (nSPS) is 17.8. The molecule has 0 bridgehead atoms. The molecule has 1 saturated carbocycles. The Balaban J connectivity index is 1.27. The van der Waals surface area contributed by atoms with Gasteiger partial charge in [0.05, 0.1) is 0 Å². The Kier molecular flexibility index (Phi) is 5.28. The van der Waals surface area contributed by atoms with Crippen LogP contribution in [0.2, 0.25) is 0 Å². The molecule has 2 aromatic heterocycles. The van der Waals surface area contributed by atoms with Gasteiger partial charge in [-0.1, -0.05) is 84.0 Å². The Morgan fingerprint density at radius 3 is 1.43 bits per heavy atom. The van der Waals surface area contributed by atoms with Crippen molar-refractivity contribution in [2.75, 3.05) is 0 Å². The van der Waals surface area contributed by atoms with Gasteiger partial charge >= 0.3 is 0 Å². The van der Waals surface area contributed by atoms with Gasteiger partial charge in [0.25, 0.3) is 0 Å². The first-order chi connectivity index (χ1) is 18.3. The van der Waals surface area contributed by atoms with E-state index < -0.39 is 0 Å². The molecule has 37 heavy (non-hydrogen) atoms. The Labute approximate surface area is 217 Å². The lowest BCUT2D eigenvalue weighted by Crippen LogP contribution is -2.14. The average molecular weight is 481 g/mol. The third-order valence-corrected chi connectivity index (χ3v) is 8.29. The first kappa shape index (κ1) is 22.2. The lowest BCUT2D eigenvalue weighted by Gasteiger charge is -2.01. The summed E-state index contributed by atoms with van der Waals surface area (Å²) in [4.78, 5) is 0. The molecule has 2 heterocycles. The third-order valence-electron chi connectivity index (χ3n) is 8.29. The highest BCUT2D eigenvalue weighted by atomic mass is 15.0. The lowest BCUT2D eigenvalue weighted by molar-refractivity contribution is 0.777. The van der Waals surface area contributed by atoms with Gasteiger partial charge in [0, 0.05) is 56.4 Å². The fraction of sp³-hybridized carbons (Fsp3) is 0.200. The minimum absolute atomic E-state index is 0.977. The molecule has 2 heteroatoms. The van der Waals surface area contributed by atoms with Crippen molar-refractivity contribution < 1.29 is 0 Å². The standard InChI is InChI=1S/C35H32N2/c1-3-36-30(28-13-5-9-26-11-7-15-32(36)34(26)28)21-19-24-17-18-25(23-24)20-22-31-29-14-6-10-27-12-8-16-33(35(27)29)37(31)4-2/h5-16,19-22H,3-4,17-18,23H2,1-2H3/b24-19-,25-20-,30-21-,31-22-. The van der Waals surface area contributed by atoms with E-state index in [1.54, 1.807) is 0 Å². The fourth-order valence-corrected chi connectivity index (χ4v) is 6.58. The first-order valence-corrected chi connectivity index (χ1v) is 13.7. The van der Waals surface area contributed by atoms with Gasteiger partial charge in [-0.15, -0.1) is 0 Å². The molecule has 0 spiro atoms. The first-order valence-electron chi connectivity index (χ1n) is 13.7. The van der Waals surface area contributed by atoms with Crippen LogP contribution < -0.4 is 10.7 Å². The lowest BCUT2D eigenvalue weighted by atomic mass is 10.1. The molecule has 1 aliphatic rings. The zero-order valence-corrected chi connectivity index (χ0v) is 21.7. The SMILES string of the molecule is CCn1/c(=C\C=C2\CC/C(=C/C=c3/c4cccc5cccc(c54)n3CC)C2)c2cccc3cccc1c32. The maximum absolute atomic E-state index is 2.46. The second kappa shape index (κ2) is 8.81. The zero-order valence-electron chi connectivity index (χ0n) is 21.7. The van der Waals surface area contributed by atoms with Crippen LogP contribution in [0.1, 0.15) is 33.1 Å². The van der Waals surface area contributed by atoms with E-state index in [9.17, 15) is 0 Å². The van der Waals surface area contributed by atoms with Crippen LogP contribution in [0.25, 0.3) is 55.5 Å². The zero-order chi connectivity index (χ0) is 24.9. The molecule has 0 aliphatic heterocycles. The van der Waals surface area contributed by atoms with Crippen molar-refractivity contribution in [1.29, 1.82) is 0 Å². The summed E-state index contributed by atoms with van der Waals surface area (Å²) in [6, 6.07) is 26.7. The van der Waals surface area contributed by atoms with E-state index in [2.05, 4.69) is 120 Å². The molecule has 0 N–H and O–H groups in total. The molecule has 0 radical (unpaired) electrons. The predicted molar refractivity (Wildman–Crippen MR) is 160 cm³/mol. The summed E-state index contributed by atoms with van der Waals surface area (Å²) in [5, 5.41) is 10.8. The number of allylic oxidation sites excluding steroid dienone is 4. The maximum atomic E-state index is 2.46. The molecule has 0 unspecified atom stereocenters. The van der Waals surface area contributed by atoms with Crippen LogP contribution in [0, 0.1) is 0 Å². The van der Waals surface area contributed by atoms with Crippen molar-refractivity contribution in [2.24, 2.45) is 0 Å². The van der Waals surface area contributed by atoms with Gasteiger partial charge in [-0.2, -0.15) is 0 Å². The number of rotatable bonds is 4. The van der Waals surface area contributed by atoms with Crippen molar-refractivity contribution >= 4 is 55.5 Å². The number of hydrogen-bond acceptors (Lipinski definition) is 0. The van der Waals surface area contributed by atoms with Gasteiger partial charge < -0.3 is 9.13 Å². The highest BCUT2D eigenvalue weighted by Crippen LogP contribution is 2.31. The van der Waals surface area contributed by atoms with Gasteiger partial charge in [0.1, 0.15) is 0 Å². The summed E-state index contributed by atoms with van der Waals surface area (Å²) in [6.07, 6.45) is 12.9. The highest BCUT2D eigenvalue weighted by molar-refractivity contribution is 6.11. The Hall–Kier alpha value is -4.04. The van der Waals surface area contributed by atoms with Gasteiger partial charge in [0.15, 0.2) is 0 Å². The number of hydrogen-bond donors (Lipinski definition) is 0. The van der Waals surface area contributed by atoms with E-state index in [0.29, 0.717) is 0 Å². The van der Waals surface area contributed by atoms with Crippen LogP contribution >= 0.6 is 0 Å². The topological polar surface area (TPSA) is 9.86 Å². The summed E-state index contributed by atoms with van der Waals surface area (Å²) in [5.74, 6) is 0. The number of nitrogens with zero attached hydrogens (tertiary/aromatic N) is 2. The fourth-order valence-electron chi connectivity index (χ4n) is 6.58. The average Bonchev–Trinajstić information content (AvgIpc) is 3.61. The van der Waals surface area contributed by atoms with Gasteiger partial charge in [-0.3, -0.25) is 0 Å². The van der Waals surface area contributed by atoms with E-state index in [0.717, 1.165) is 32.4 Å². The smallest absolute Gasteiger partial charge is 0.0497 e. The molecule has 0 saturated heterocycles. The summed E-state index contributed by atoms with van der Waals surface area (Å²) < 4.78 is 4.92. The quantitative estimate of drug-likeness (QED) is 0.245. The second-order valence-electron chi connectivity index (χ2n) is 10.3. The largest absolute Gasteiger partial charge is 0.341 e. The molecule has 0 amide bonds. The van der Waals surface area contributed by atoms with Crippen LogP contribution in [-0.4, -0.2) is 9.13 Å². The summed E-state index contributed by atoms with van der Waals surface area (Å²) in [6.45, 7) is 6.45. The molecule has 182 valence electrons. The Morgan fingerprint density at radius 2 is 1.00 bits per heavy atom. The molecule has 0 atom stereocenters. The van der Waals surface area contributed by atoms with Crippen LogP contribution in [0.4, 0.5) is 0 Å². The van der Waals surface area contributed by atoms with Crippen molar-refractivity contribution in [2.45, 2.75) is 46.2 Å². The van der Waals surface area contributed by atoms with Crippen molar-refractivity contribution in [1.82, 2.24) is 9.13 Å². The van der Waals surface area contributed by atoms with Crippen molar-refractivity contribution in [3.8, 4) is 0 Å². The van der Waals surface area contributed by atoms with Crippen LogP contribution in [0.5, 0.6) is 0 Å². The summed E-state index contributed by atoms with van der Waals surface area (Å²) in [7, 11) is 0. The maximum Gasteiger partial charge on any atom is 0.0497 e. The molecule has 1 aliphatic carbocycles. The van der Waals surface area contributed by atoms with E-state index in [1.165, 1.54) is 65.2 Å². The summed E-state index contributed by atoms with van der Waals surface area (Å²) >= 11 is 0. The minimum Gasteiger partial charge on any atom is -0.341 e. The molecular weight excluding hydrogens is 448 g/mol. The predicted octanol–water partition coefficient (Wildman–Crippen LogP) is 7.68. The molecular formula is C35H32N2. The number of benzene rings is 4. The van der Waals surface area contributed by atoms with E-state index in [1.807, 2.05) is 0 Å². The monoisotopic (exact) mass is 480 g/mol. The van der Waals surface area contributed by atoms with Crippen LogP contribution in [0.15, 0.2) is 96.1 Å². The molecule has 4 aromatic carbocycles. The van der Waals surface area contributed by atoms with Gasteiger partial charge in [-0.25, -0.2) is 0 Å². The van der Waals surface area contributed by atoms with E-state index >= 15 is 0 Å². The minimum atomic E-state index is 0.977. The van der Waals surface area contributed by atoms with Crippen molar-refractivity contribution in [3.63, 3.8) is 0 Å². The number of aromatic nitrogens is 2. The summed E-state index contributed by atoms with van der Waals surface area (Å²) in [5.41, 5.74) is 5.74. The highest BCUT2D eigenvalue weighted by Gasteiger charge is 2.14. The molecule has 6 aromatic rings. The Bertz CT molecular complexity index is 1820. The molecule has 1 fully saturated rings. The van der Waals surface area contributed by atoms with Crippen molar-refractivity contribution in [3.05, 3.63) is 107 Å². The second-order valence-corrected chi connectivity index (χ2v) is 10.3. The Morgan fingerprint density at radius 1 is 0.568 bits per heavy atom. The molecule has 7 rings (SSSR count). The van der Waals surface area contributed by atoms with Gasteiger partial charge in [-0.05, 0) is 68.2 Å². The van der Waals surface area contributed by atoms with Crippen LogP contribution in [0.3, 0.4) is 0 Å². The third kappa shape index (κ3) is 3.47. The van der Waals surface area contributed by atoms with Crippen LogP contribution in [-0.2, 0) is 13.1 Å². The van der Waals surface area contributed by atoms with Gasteiger partial charge in [0.2, 0.25) is 0 Å². The molecule has 2 nitrogen and oxygen atoms in total. The van der Waals surface area contributed by atoms with E-state index in [-0.39, 0.29) is 0 Å². The van der Waals surface area contributed by atoms with E-state index in [4.69, 9.17) is 0 Å².